The van der Waals surface area contributed by atoms with Crippen LogP contribution in [-0.2, 0) is 12.8 Å². The zero-order valence-corrected chi connectivity index (χ0v) is 14.8. The maximum absolute atomic E-state index is 11.3. The summed E-state index contributed by atoms with van der Waals surface area (Å²) in [4.78, 5) is 29.0. The summed E-state index contributed by atoms with van der Waals surface area (Å²) in [5, 5.41) is 0. The molecule has 0 aliphatic carbocycles. The standard InChI is InChI=1S/C20H28N2O2/c1-3-5-7-9-15-11-17(21-19(15)13-23)18-12-16(10-8-6-4-2)20(14-24)22-18/h11-14,21-22H,3-10H2,1-2H3. The highest BCUT2D eigenvalue weighted by Gasteiger charge is 2.13. The molecule has 2 N–H and O–H groups in total. The van der Waals surface area contributed by atoms with E-state index in [2.05, 4.69) is 23.8 Å². The number of aldehydes is 2. The van der Waals surface area contributed by atoms with E-state index in [1.807, 2.05) is 12.1 Å². The molecule has 0 aliphatic rings. The van der Waals surface area contributed by atoms with Crippen LogP contribution in [0.5, 0.6) is 0 Å². The highest BCUT2D eigenvalue weighted by molar-refractivity contribution is 5.80. The summed E-state index contributed by atoms with van der Waals surface area (Å²) in [6.07, 6.45) is 10.4. The van der Waals surface area contributed by atoms with Gasteiger partial charge in [0.15, 0.2) is 12.6 Å². The van der Waals surface area contributed by atoms with E-state index in [1.165, 1.54) is 0 Å². The predicted molar refractivity (Wildman–Crippen MR) is 97.8 cm³/mol. The van der Waals surface area contributed by atoms with Crippen molar-refractivity contribution in [2.24, 2.45) is 0 Å². The number of unbranched alkanes of at least 4 members (excludes halogenated alkanes) is 4. The number of rotatable bonds is 11. The molecule has 0 spiro atoms. The third kappa shape index (κ3) is 4.47. The molecule has 2 heterocycles. The monoisotopic (exact) mass is 328 g/mol. The summed E-state index contributed by atoms with van der Waals surface area (Å²) in [5.74, 6) is 0. The molecule has 0 amide bonds. The maximum Gasteiger partial charge on any atom is 0.166 e. The lowest BCUT2D eigenvalue weighted by molar-refractivity contribution is 0.111. The van der Waals surface area contributed by atoms with Gasteiger partial charge in [0.25, 0.3) is 0 Å². The third-order valence-corrected chi connectivity index (χ3v) is 4.49. The molecule has 0 aliphatic heterocycles. The van der Waals surface area contributed by atoms with Crippen molar-refractivity contribution in [1.29, 1.82) is 0 Å². The number of hydrogen-bond acceptors (Lipinski definition) is 2. The molecule has 2 aromatic rings. The van der Waals surface area contributed by atoms with Crippen molar-refractivity contribution in [3.05, 3.63) is 34.6 Å². The molecule has 24 heavy (non-hydrogen) atoms. The van der Waals surface area contributed by atoms with Gasteiger partial charge in [-0.05, 0) is 48.9 Å². The normalized spacial score (nSPS) is 10.9. The van der Waals surface area contributed by atoms with Crippen LogP contribution in [-0.4, -0.2) is 22.5 Å². The summed E-state index contributed by atoms with van der Waals surface area (Å²) < 4.78 is 0. The second-order valence-corrected chi connectivity index (χ2v) is 6.39. The molecule has 0 unspecified atom stereocenters. The molecule has 0 saturated carbocycles. The summed E-state index contributed by atoms with van der Waals surface area (Å²) in [6.45, 7) is 4.34. The summed E-state index contributed by atoms with van der Waals surface area (Å²) in [7, 11) is 0. The number of H-pyrrole nitrogens is 2. The Bertz CT molecular complexity index is 609. The number of nitrogens with one attached hydrogen (secondary N) is 2. The van der Waals surface area contributed by atoms with Crippen molar-refractivity contribution in [2.45, 2.75) is 65.2 Å². The molecule has 0 saturated heterocycles. The Morgan fingerprint density at radius 3 is 1.50 bits per heavy atom. The fourth-order valence-electron chi connectivity index (χ4n) is 3.07. The van der Waals surface area contributed by atoms with Gasteiger partial charge in [0, 0.05) is 0 Å². The first-order valence-electron chi connectivity index (χ1n) is 9.07. The van der Waals surface area contributed by atoms with Gasteiger partial charge >= 0.3 is 0 Å². The van der Waals surface area contributed by atoms with Crippen molar-refractivity contribution in [2.75, 3.05) is 0 Å². The molecule has 4 nitrogen and oxygen atoms in total. The van der Waals surface area contributed by atoms with Crippen molar-refractivity contribution < 1.29 is 9.59 Å². The van der Waals surface area contributed by atoms with Crippen LogP contribution in [0.3, 0.4) is 0 Å². The van der Waals surface area contributed by atoms with Gasteiger partial charge in [0.2, 0.25) is 0 Å². The van der Waals surface area contributed by atoms with Gasteiger partial charge < -0.3 is 9.97 Å². The van der Waals surface area contributed by atoms with Crippen molar-refractivity contribution in [3.8, 4) is 11.4 Å². The fourth-order valence-corrected chi connectivity index (χ4v) is 3.07. The lowest BCUT2D eigenvalue weighted by Gasteiger charge is -1.97. The van der Waals surface area contributed by atoms with Gasteiger partial charge in [-0.25, -0.2) is 0 Å². The largest absolute Gasteiger partial charge is 0.351 e. The van der Waals surface area contributed by atoms with E-state index in [0.29, 0.717) is 11.4 Å². The van der Waals surface area contributed by atoms with Gasteiger partial charge in [-0.1, -0.05) is 39.5 Å². The SMILES string of the molecule is CCCCCc1cc(-c2cc(CCCCC)c(C=O)[nH]2)[nH]c1C=O. The van der Waals surface area contributed by atoms with Crippen LogP contribution in [0.2, 0.25) is 0 Å². The highest BCUT2D eigenvalue weighted by Crippen LogP contribution is 2.25. The van der Waals surface area contributed by atoms with Gasteiger partial charge in [-0.15, -0.1) is 0 Å². The van der Waals surface area contributed by atoms with Crippen LogP contribution in [0.1, 0.15) is 84.5 Å². The van der Waals surface area contributed by atoms with E-state index >= 15 is 0 Å². The molecule has 130 valence electrons. The molecule has 2 aromatic heterocycles. The Labute approximate surface area is 144 Å². The first-order valence-corrected chi connectivity index (χ1v) is 9.07. The summed E-state index contributed by atoms with van der Waals surface area (Å²) >= 11 is 0. The summed E-state index contributed by atoms with van der Waals surface area (Å²) in [5.41, 5.74) is 5.18. The Hall–Kier alpha value is -2.10. The first kappa shape index (κ1) is 18.2. The Kier molecular flexibility index (Phi) is 7.04. The average molecular weight is 328 g/mol. The number of hydrogen-bond donors (Lipinski definition) is 2. The van der Waals surface area contributed by atoms with Crippen LogP contribution >= 0.6 is 0 Å². The van der Waals surface area contributed by atoms with E-state index < -0.39 is 0 Å². The Morgan fingerprint density at radius 1 is 0.750 bits per heavy atom. The number of carbonyl (C=O) groups is 2. The number of aromatic nitrogens is 2. The molecule has 0 radical (unpaired) electrons. The smallest absolute Gasteiger partial charge is 0.166 e. The minimum atomic E-state index is 0.649. The van der Waals surface area contributed by atoms with Gasteiger partial charge in [0.05, 0.1) is 22.8 Å². The maximum atomic E-state index is 11.3. The predicted octanol–water partition coefficient (Wildman–Crippen LogP) is 5.10. The molecule has 0 fully saturated rings. The van der Waals surface area contributed by atoms with Crippen molar-refractivity contribution in [1.82, 2.24) is 9.97 Å². The third-order valence-electron chi connectivity index (χ3n) is 4.49. The van der Waals surface area contributed by atoms with Crippen molar-refractivity contribution in [3.63, 3.8) is 0 Å². The molecule has 4 heteroatoms. The highest BCUT2D eigenvalue weighted by atomic mass is 16.1. The minimum Gasteiger partial charge on any atom is -0.351 e. The lowest BCUT2D eigenvalue weighted by atomic mass is 10.1. The fraction of sp³-hybridized carbons (Fsp3) is 0.500. The van der Waals surface area contributed by atoms with Gasteiger partial charge in [-0.3, -0.25) is 9.59 Å². The van der Waals surface area contributed by atoms with E-state index in [0.717, 1.165) is 86.5 Å². The van der Waals surface area contributed by atoms with Crippen LogP contribution in [0.25, 0.3) is 11.4 Å². The van der Waals surface area contributed by atoms with Crippen LogP contribution in [0.4, 0.5) is 0 Å². The quantitative estimate of drug-likeness (QED) is 0.445. The van der Waals surface area contributed by atoms with Crippen LogP contribution in [0.15, 0.2) is 12.1 Å². The number of aromatic amines is 2. The first-order chi connectivity index (χ1) is 11.7. The van der Waals surface area contributed by atoms with E-state index in [-0.39, 0.29) is 0 Å². The van der Waals surface area contributed by atoms with Crippen LogP contribution in [0, 0.1) is 0 Å². The average Bonchev–Trinajstić information content (AvgIpc) is 3.19. The van der Waals surface area contributed by atoms with E-state index in [4.69, 9.17) is 0 Å². The molecule has 0 atom stereocenters. The van der Waals surface area contributed by atoms with Gasteiger partial charge in [0.1, 0.15) is 0 Å². The van der Waals surface area contributed by atoms with E-state index in [1.54, 1.807) is 0 Å². The van der Waals surface area contributed by atoms with Crippen molar-refractivity contribution >= 4 is 12.6 Å². The molecular formula is C20H28N2O2. The molecule has 0 aromatic carbocycles. The van der Waals surface area contributed by atoms with E-state index in [9.17, 15) is 9.59 Å². The zero-order valence-electron chi connectivity index (χ0n) is 14.8. The van der Waals surface area contributed by atoms with Gasteiger partial charge in [-0.2, -0.15) is 0 Å². The molecular weight excluding hydrogens is 300 g/mol. The molecule has 2 rings (SSSR count). The minimum absolute atomic E-state index is 0.649. The Balaban J connectivity index is 2.21. The Morgan fingerprint density at radius 2 is 1.17 bits per heavy atom. The number of carbonyl (C=O) groups excluding carboxylic acids is 2. The lowest BCUT2D eigenvalue weighted by Crippen LogP contribution is -1.89. The topological polar surface area (TPSA) is 65.7 Å². The molecule has 0 bridgehead atoms. The zero-order chi connectivity index (χ0) is 17.4. The summed E-state index contributed by atoms with van der Waals surface area (Å²) in [6, 6.07) is 4.07. The second-order valence-electron chi connectivity index (χ2n) is 6.39. The van der Waals surface area contributed by atoms with Crippen LogP contribution < -0.4 is 0 Å². The number of aryl methyl sites for hydroxylation is 2. The second kappa shape index (κ2) is 9.26.